The first-order valence-corrected chi connectivity index (χ1v) is 7.12. The first kappa shape index (κ1) is 13.3. The van der Waals surface area contributed by atoms with Crippen molar-refractivity contribution in [3.8, 4) is 0 Å². The van der Waals surface area contributed by atoms with Crippen LogP contribution in [0.4, 0.5) is 10.1 Å². The fourth-order valence-corrected chi connectivity index (χ4v) is 3.27. The molecule has 1 aromatic carbocycles. The number of amides is 1. The van der Waals surface area contributed by atoms with E-state index in [0.717, 1.165) is 19.4 Å². The highest BCUT2D eigenvalue weighted by atomic mass is 32.1. The fourth-order valence-electron chi connectivity index (χ4n) is 3.14. The second-order valence-electron chi connectivity index (χ2n) is 5.29. The smallest absolute Gasteiger partial charge is 0.225 e. The van der Waals surface area contributed by atoms with Crippen molar-refractivity contribution < 1.29 is 9.18 Å². The summed E-state index contributed by atoms with van der Waals surface area (Å²) < 4.78 is 14.3. The Balaban J connectivity index is 1.92. The van der Waals surface area contributed by atoms with Gasteiger partial charge in [-0.15, -0.1) is 0 Å². The summed E-state index contributed by atoms with van der Waals surface area (Å²) in [6.07, 6.45) is 1.77. The summed E-state index contributed by atoms with van der Waals surface area (Å²) in [5, 5.41) is 2.87. The van der Waals surface area contributed by atoms with Crippen molar-refractivity contribution in [3.63, 3.8) is 0 Å². The van der Waals surface area contributed by atoms with Crippen molar-refractivity contribution in [2.45, 2.75) is 18.9 Å². The molecule has 2 heterocycles. The molecular formula is C14H16FN3OS. The van der Waals surface area contributed by atoms with Crippen molar-refractivity contribution in [3.05, 3.63) is 29.6 Å². The zero-order valence-corrected chi connectivity index (χ0v) is 11.8. The number of rotatable bonds is 2. The lowest BCUT2D eigenvalue weighted by molar-refractivity contribution is -0.123. The Morgan fingerprint density at radius 3 is 3.00 bits per heavy atom. The maximum absolute atomic E-state index is 14.3. The van der Waals surface area contributed by atoms with E-state index in [-0.39, 0.29) is 28.7 Å². The van der Waals surface area contributed by atoms with Crippen molar-refractivity contribution >= 4 is 28.8 Å². The lowest BCUT2D eigenvalue weighted by Gasteiger charge is -2.37. The summed E-state index contributed by atoms with van der Waals surface area (Å²) in [4.78, 5) is 13.9. The molecule has 3 rings (SSSR count). The van der Waals surface area contributed by atoms with E-state index < -0.39 is 0 Å². The van der Waals surface area contributed by atoms with Gasteiger partial charge in [0.05, 0.1) is 17.6 Å². The number of nitrogens with one attached hydrogen (secondary N) is 1. The Bertz CT molecular complexity index is 578. The molecule has 2 unspecified atom stereocenters. The van der Waals surface area contributed by atoms with Gasteiger partial charge in [-0.05, 0) is 31.0 Å². The highest BCUT2D eigenvalue weighted by molar-refractivity contribution is 7.80. The van der Waals surface area contributed by atoms with Crippen LogP contribution in [0.15, 0.2) is 18.2 Å². The molecule has 4 nitrogen and oxygen atoms in total. The van der Waals surface area contributed by atoms with Crippen LogP contribution in [0.25, 0.3) is 0 Å². The van der Waals surface area contributed by atoms with Gasteiger partial charge in [-0.1, -0.05) is 12.2 Å². The normalized spacial score (nSPS) is 25.2. The van der Waals surface area contributed by atoms with Gasteiger partial charge in [0.25, 0.3) is 0 Å². The molecule has 106 valence electrons. The predicted molar refractivity (Wildman–Crippen MR) is 79.2 cm³/mol. The molecule has 0 saturated carbocycles. The first-order valence-electron chi connectivity index (χ1n) is 6.71. The maximum atomic E-state index is 14.3. The molecule has 0 radical (unpaired) electrons. The van der Waals surface area contributed by atoms with E-state index in [0.29, 0.717) is 17.8 Å². The Labute approximate surface area is 122 Å². The molecule has 2 saturated heterocycles. The number of hydrogen-bond acceptors (Lipinski definition) is 3. The van der Waals surface area contributed by atoms with Gasteiger partial charge in [0.15, 0.2) is 0 Å². The Kier molecular flexibility index (Phi) is 3.33. The number of piperidine rings is 1. The molecule has 0 bridgehead atoms. The average Bonchev–Trinajstić information content (AvgIpc) is 2.81. The number of carbonyl (C=O) groups excluding carboxylic acids is 1. The van der Waals surface area contributed by atoms with Gasteiger partial charge in [-0.25, -0.2) is 4.39 Å². The molecule has 0 aromatic heterocycles. The van der Waals surface area contributed by atoms with Crippen LogP contribution in [0.1, 0.15) is 18.4 Å². The van der Waals surface area contributed by atoms with Gasteiger partial charge >= 0.3 is 0 Å². The van der Waals surface area contributed by atoms with Crippen molar-refractivity contribution in [2.24, 2.45) is 11.7 Å². The summed E-state index contributed by atoms with van der Waals surface area (Å²) in [7, 11) is 0. The maximum Gasteiger partial charge on any atom is 0.225 e. The molecule has 0 spiro atoms. The molecule has 1 amide bonds. The van der Waals surface area contributed by atoms with E-state index in [1.807, 2.05) is 4.90 Å². The predicted octanol–water partition coefficient (Wildman–Crippen LogP) is 1.17. The van der Waals surface area contributed by atoms with E-state index >= 15 is 0 Å². The molecule has 1 aromatic rings. The third-order valence-corrected chi connectivity index (χ3v) is 4.38. The molecule has 2 fully saturated rings. The molecule has 3 N–H and O–H groups in total. The number of carbonyl (C=O) groups is 1. The van der Waals surface area contributed by atoms with Crippen molar-refractivity contribution in [1.82, 2.24) is 5.32 Å². The van der Waals surface area contributed by atoms with Crippen LogP contribution in [-0.4, -0.2) is 30.0 Å². The lowest BCUT2D eigenvalue weighted by atomic mass is 9.91. The van der Waals surface area contributed by atoms with E-state index in [4.69, 9.17) is 18.0 Å². The number of thiocarbonyl (C=S) groups is 1. The van der Waals surface area contributed by atoms with E-state index in [2.05, 4.69) is 5.32 Å². The van der Waals surface area contributed by atoms with E-state index in [9.17, 15) is 9.18 Å². The quantitative estimate of drug-likeness (QED) is 0.804. The third kappa shape index (κ3) is 2.14. The fraction of sp³-hybridized carbons (Fsp3) is 0.429. The molecule has 2 aliphatic heterocycles. The molecule has 2 atom stereocenters. The second-order valence-corrected chi connectivity index (χ2v) is 5.72. The Morgan fingerprint density at radius 2 is 2.30 bits per heavy atom. The van der Waals surface area contributed by atoms with Crippen LogP contribution in [0.5, 0.6) is 0 Å². The minimum absolute atomic E-state index is 0.0292. The molecule has 20 heavy (non-hydrogen) atoms. The molecule has 6 heteroatoms. The first-order chi connectivity index (χ1) is 9.58. The van der Waals surface area contributed by atoms with Crippen LogP contribution >= 0.6 is 12.2 Å². The number of nitrogens with two attached hydrogens (primary N) is 1. The van der Waals surface area contributed by atoms with Gasteiger partial charge in [-0.3, -0.25) is 4.79 Å². The van der Waals surface area contributed by atoms with Crippen molar-refractivity contribution in [1.29, 1.82) is 0 Å². The second kappa shape index (κ2) is 5.01. The van der Waals surface area contributed by atoms with Crippen molar-refractivity contribution in [2.75, 3.05) is 18.0 Å². The van der Waals surface area contributed by atoms with Crippen LogP contribution in [0.2, 0.25) is 0 Å². The lowest BCUT2D eigenvalue weighted by Crippen LogP contribution is -2.46. The minimum atomic E-state index is -0.338. The van der Waals surface area contributed by atoms with Gasteiger partial charge in [0, 0.05) is 18.7 Å². The van der Waals surface area contributed by atoms with Gasteiger partial charge in [0.2, 0.25) is 5.91 Å². The van der Waals surface area contributed by atoms with E-state index in [1.54, 1.807) is 12.1 Å². The largest absolute Gasteiger partial charge is 0.389 e. The van der Waals surface area contributed by atoms with Crippen LogP contribution in [-0.2, 0) is 4.79 Å². The summed E-state index contributed by atoms with van der Waals surface area (Å²) in [5.41, 5.74) is 6.56. The summed E-state index contributed by atoms with van der Waals surface area (Å²) >= 11 is 4.85. The standard InChI is InChI=1S/C14H16FN3OS/c15-10-6-8(13(16)20)3-4-11(10)18-5-1-2-9-12(18)7-17-14(9)19/h3-4,6,9,12H,1-2,5,7H2,(H2,16,20)(H,17,19). The topological polar surface area (TPSA) is 58.4 Å². The number of nitrogens with zero attached hydrogens (tertiary/aromatic N) is 1. The average molecular weight is 293 g/mol. The third-order valence-electron chi connectivity index (χ3n) is 4.14. The Hall–Kier alpha value is -1.69. The van der Waals surface area contributed by atoms with Crippen LogP contribution < -0.4 is 16.0 Å². The molecule has 2 aliphatic rings. The van der Waals surface area contributed by atoms with Gasteiger partial charge < -0.3 is 16.0 Å². The number of halogens is 1. The summed E-state index contributed by atoms with van der Waals surface area (Å²) in [5.74, 6) is -0.284. The SMILES string of the molecule is NC(=S)c1ccc(N2CCCC3C(=O)NCC32)c(F)c1. The number of fused-ring (bicyclic) bond motifs is 1. The molecular weight excluding hydrogens is 277 g/mol. The van der Waals surface area contributed by atoms with Gasteiger partial charge in [0.1, 0.15) is 10.8 Å². The Morgan fingerprint density at radius 1 is 1.50 bits per heavy atom. The van der Waals surface area contributed by atoms with Gasteiger partial charge in [-0.2, -0.15) is 0 Å². The number of benzene rings is 1. The molecule has 0 aliphatic carbocycles. The monoisotopic (exact) mass is 293 g/mol. The zero-order valence-electron chi connectivity index (χ0n) is 10.9. The summed E-state index contributed by atoms with van der Waals surface area (Å²) in [6.45, 7) is 1.35. The highest BCUT2D eigenvalue weighted by Crippen LogP contribution is 2.33. The van der Waals surface area contributed by atoms with Crippen LogP contribution in [0.3, 0.4) is 0 Å². The van der Waals surface area contributed by atoms with E-state index in [1.165, 1.54) is 6.07 Å². The highest BCUT2D eigenvalue weighted by Gasteiger charge is 2.41. The van der Waals surface area contributed by atoms with Crippen LogP contribution in [0, 0.1) is 11.7 Å². The minimum Gasteiger partial charge on any atom is -0.389 e. The summed E-state index contributed by atoms with van der Waals surface area (Å²) in [6, 6.07) is 4.84. The number of hydrogen-bond donors (Lipinski definition) is 2. The zero-order chi connectivity index (χ0) is 14.3. The number of anilines is 1.